The van der Waals surface area contributed by atoms with Crippen molar-refractivity contribution in [2.24, 2.45) is 0 Å². The molecule has 2 aromatic rings. The van der Waals surface area contributed by atoms with Crippen molar-refractivity contribution in [3.05, 3.63) is 65.2 Å². The van der Waals surface area contributed by atoms with Crippen molar-refractivity contribution in [2.45, 2.75) is 19.3 Å². The van der Waals surface area contributed by atoms with Crippen molar-refractivity contribution in [3.63, 3.8) is 0 Å². The van der Waals surface area contributed by atoms with E-state index in [1.54, 1.807) is 0 Å². The van der Waals surface area contributed by atoms with Crippen molar-refractivity contribution >= 4 is 5.69 Å². The summed E-state index contributed by atoms with van der Waals surface area (Å²) in [6, 6.07) is 17.6. The fourth-order valence-electron chi connectivity index (χ4n) is 2.43. The zero-order valence-electron chi connectivity index (χ0n) is 9.95. The Bertz CT molecular complexity index is 502. The van der Waals surface area contributed by atoms with E-state index in [2.05, 4.69) is 53.8 Å². The molecular formula is C16H17N. The summed E-state index contributed by atoms with van der Waals surface area (Å²) in [7, 11) is 0. The quantitative estimate of drug-likeness (QED) is 0.840. The van der Waals surface area contributed by atoms with Gasteiger partial charge in [0.05, 0.1) is 0 Å². The summed E-state index contributed by atoms with van der Waals surface area (Å²) in [6.45, 7) is 1.09. The minimum Gasteiger partial charge on any atom is -0.384 e. The summed E-state index contributed by atoms with van der Waals surface area (Å²) in [4.78, 5) is 0. The molecule has 0 saturated heterocycles. The van der Waals surface area contributed by atoms with E-state index in [9.17, 15) is 0 Å². The fraction of sp³-hybridized carbons (Fsp3) is 0.250. The molecule has 1 N–H and O–H groups in total. The van der Waals surface area contributed by atoms with E-state index < -0.39 is 0 Å². The van der Waals surface area contributed by atoms with Crippen LogP contribution in [-0.2, 0) is 19.3 Å². The van der Waals surface area contributed by atoms with Crippen LogP contribution in [0.25, 0.3) is 0 Å². The van der Waals surface area contributed by atoms with Crippen LogP contribution in [-0.4, -0.2) is 6.54 Å². The first-order chi connectivity index (χ1) is 8.42. The molecule has 0 bridgehead atoms. The van der Waals surface area contributed by atoms with E-state index >= 15 is 0 Å². The van der Waals surface area contributed by atoms with E-state index in [1.807, 2.05) is 0 Å². The monoisotopic (exact) mass is 223 g/mol. The Morgan fingerprint density at radius 3 is 2.59 bits per heavy atom. The molecular weight excluding hydrogens is 206 g/mol. The lowest BCUT2D eigenvalue weighted by molar-refractivity contribution is 0.960. The summed E-state index contributed by atoms with van der Waals surface area (Å²) in [5.74, 6) is 0. The van der Waals surface area contributed by atoms with E-state index in [1.165, 1.54) is 28.8 Å². The van der Waals surface area contributed by atoms with Crippen molar-refractivity contribution < 1.29 is 0 Å². The Hall–Kier alpha value is -1.76. The number of fused-ring (bicyclic) bond motifs is 1. The molecule has 0 saturated carbocycles. The molecule has 0 radical (unpaired) electrons. The minimum atomic E-state index is 1.09. The molecule has 1 heteroatoms. The summed E-state index contributed by atoms with van der Waals surface area (Å²) >= 11 is 0. The van der Waals surface area contributed by atoms with Crippen LogP contribution < -0.4 is 5.32 Å². The maximum absolute atomic E-state index is 3.44. The number of rotatable bonds is 3. The highest BCUT2D eigenvalue weighted by molar-refractivity contribution is 5.57. The van der Waals surface area contributed by atoms with Crippen LogP contribution in [0.15, 0.2) is 48.5 Å². The van der Waals surface area contributed by atoms with Crippen LogP contribution in [0.2, 0.25) is 0 Å². The third kappa shape index (κ3) is 2.33. The van der Waals surface area contributed by atoms with Crippen molar-refractivity contribution in [3.8, 4) is 0 Å². The molecule has 0 unspecified atom stereocenters. The van der Waals surface area contributed by atoms with Crippen LogP contribution in [0.4, 0.5) is 5.69 Å². The van der Waals surface area contributed by atoms with Gasteiger partial charge in [0.1, 0.15) is 0 Å². The number of benzene rings is 2. The zero-order chi connectivity index (χ0) is 11.5. The van der Waals surface area contributed by atoms with Gasteiger partial charge in [-0.25, -0.2) is 0 Å². The largest absolute Gasteiger partial charge is 0.384 e. The second-order valence-corrected chi connectivity index (χ2v) is 4.65. The first-order valence-corrected chi connectivity index (χ1v) is 6.31. The molecule has 0 aromatic heterocycles. The fourth-order valence-corrected chi connectivity index (χ4v) is 2.43. The Morgan fingerprint density at radius 1 is 0.882 bits per heavy atom. The second-order valence-electron chi connectivity index (χ2n) is 4.65. The van der Waals surface area contributed by atoms with Crippen molar-refractivity contribution in [1.29, 1.82) is 0 Å². The van der Waals surface area contributed by atoms with Crippen LogP contribution in [0.3, 0.4) is 0 Å². The molecule has 17 heavy (non-hydrogen) atoms. The molecule has 0 fully saturated rings. The van der Waals surface area contributed by atoms with Gasteiger partial charge in [0.2, 0.25) is 0 Å². The van der Waals surface area contributed by atoms with Crippen molar-refractivity contribution in [1.82, 2.24) is 0 Å². The third-order valence-electron chi connectivity index (χ3n) is 3.43. The average Bonchev–Trinajstić information content (AvgIpc) is 2.85. The van der Waals surface area contributed by atoms with Gasteiger partial charge in [0, 0.05) is 12.2 Å². The van der Waals surface area contributed by atoms with E-state index in [-0.39, 0.29) is 0 Å². The minimum absolute atomic E-state index is 1.09. The summed E-state index contributed by atoms with van der Waals surface area (Å²) in [6.07, 6.45) is 3.42. The number of anilines is 1. The maximum Gasteiger partial charge on any atom is 0.0376 e. The summed E-state index contributed by atoms with van der Waals surface area (Å²) in [5, 5.41) is 3.44. The van der Waals surface area contributed by atoms with Gasteiger partial charge in [0.25, 0.3) is 0 Å². The molecule has 0 amide bonds. The molecule has 0 spiro atoms. The Morgan fingerprint density at radius 2 is 1.71 bits per heavy atom. The van der Waals surface area contributed by atoms with Gasteiger partial charge in [-0.1, -0.05) is 42.5 Å². The van der Waals surface area contributed by atoms with E-state index in [0.29, 0.717) is 0 Å². The first-order valence-electron chi connectivity index (χ1n) is 6.31. The van der Waals surface area contributed by atoms with Crippen LogP contribution in [0.1, 0.15) is 16.7 Å². The van der Waals surface area contributed by atoms with Gasteiger partial charge in [-0.2, -0.15) is 0 Å². The molecule has 0 atom stereocenters. The maximum atomic E-state index is 3.44. The highest BCUT2D eigenvalue weighted by Crippen LogP contribution is 2.23. The second kappa shape index (κ2) is 4.62. The van der Waals surface area contributed by atoms with Crippen LogP contribution in [0.5, 0.6) is 0 Å². The lowest BCUT2D eigenvalue weighted by atomic mass is 10.0. The Kier molecular flexibility index (Phi) is 2.83. The Balaban J connectivity index is 1.70. The molecule has 1 aliphatic heterocycles. The van der Waals surface area contributed by atoms with Gasteiger partial charge >= 0.3 is 0 Å². The predicted octanol–water partition coefficient (Wildman–Crippen LogP) is 3.44. The first kappa shape index (κ1) is 10.4. The van der Waals surface area contributed by atoms with Crippen molar-refractivity contribution in [2.75, 3.05) is 11.9 Å². The number of hydrogen-bond donors (Lipinski definition) is 1. The summed E-state index contributed by atoms with van der Waals surface area (Å²) < 4.78 is 0. The highest BCUT2D eigenvalue weighted by atomic mass is 14.9. The zero-order valence-corrected chi connectivity index (χ0v) is 9.95. The molecule has 1 aliphatic rings. The van der Waals surface area contributed by atoms with Gasteiger partial charge in [-0.3, -0.25) is 0 Å². The molecule has 0 aliphatic carbocycles. The molecule has 86 valence electrons. The predicted molar refractivity (Wildman–Crippen MR) is 72.5 cm³/mol. The number of hydrogen-bond acceptors (Lipinski definition) is 1. The lowest BCUT2D eigenvalue weighted by Crippen LogP contribution is -1.93. The smallest absolute Gasteiger partial charge is 0.0376 e. The molecule has 2 aromatic carbocycles. The van der Waals surface area contributed by atoms with Gasteiger partial charge in [-0.05, 0) is 42.0 Å². The molecule has 3 rings (SSSR count). The molecule has 1 heterocycles. The highest BCUT2D eigenvalue weighted by Gasteiger charge is 2.09. The number of nitrogens with one attached hydrogen (secondary N) is 1. The van der Waals surface area contributed by atoms with Crippen LogP contribution >= 0.6 is 0 Å². The van der Waals surface area contributed by atoms with Gasteiger partial charge in [-0.15, -0.1) is 0 Å². The summed E-state index contributed by atoms with van der Waals surface area (Å²) in [5.41, 5.74) is 5.66. The average molecular weight is 223 g/mol. The normalized spacial score (nSPS) is 13.2. The lowest BCUT2D eigenvalue weighted by Gasteiger charge is -2.05. The Labute approximate surface area is 102 Å². The number of aryl methyl sites for hydroxylation is 2. The standard InChI is InChI=1S/C16H17N/c1-2-4-13(5-3-1)6-7-14-8-9-15-10-11-17-16(15)12-14/h1-5,8-9,12,17H,6-7,10-11H2. The van der Waals surface area contributed by atoms with Gasteiger partial charge in [0.15, 0.2) is 0 Å². The third-order valence-corrected chi connectivity index (χ3v) is 3.43. The van der Waals surface area contributed by atoms with E-state index in [0.717, 1.165) is 19.4 Å². The van der Waals surface area contributed by atoms with Gasteiger partial charge < -0.3 is 5.32 Å². The van der Waals surface area contributed by atoms with Crippen LogP contribution in [0, 0.1) is 0 Å². The van der Waals surface area contributed by atoms with E-state index in [4.69, 9.17) is 0 Å². The topological polar surface area (TPSA) is 12.0 Å². The SMILES string of the molecule is c1ccc(CCc2ccc3c(c2)NCC3)cc1. The molecule has 1 nitrogen and oxygen atoms in total.